The zero-order valence-electron chi connectivity index (χ0n) is 9.07. The Morgan fingerprint density at radius 2 is 1.65 bits per heavy atom. The quantitative estimate of drug-likeness (QED) is 0.736. The largest absolute Gasteiger partial charge is 0.488 e. The molecule has 0 N–H and O–H groups in total. The van der Waals surface area contributed by atoms with Crippen LogP contribution in [0, 0.1) is 0 Å². The minimum absolute atomic E-state index is 0.108. The molecule has 9 heteroatoms. The van der Waals surface area contributed by atoms with E-state index in [2.05, 4.69) is 14.2 Å². The zero-order chi connectivity index (χ0) is 13.7. The minimum atomic E-state index is -4.88. The first-order valence-corrected chi connectivity index (χ1v) is 4.42. The lowest BCUT2D eigenvalue weighted by atomic mass is 10.0. The second-order valence-corrected chi connectivity index (χ2v) is 3.79. The zero-order valence-corrected chi connectivity index (χ0v) is 9.07. The molecule has 1 heterocycles. The van der Waals surface area contributed by atoms with E-state index in [0.29, 0.717) is 6.92 Å². The Hall–Kier alpha value is -0.540. The van der Waals surface area contributed by atoms with Crippen LogP contribution in [0.2, 0.25) is 0 Å². The first-order valence-electron chi connectivity index (χ1n) is 4.42. The van der Waals surface area contributed by atoms with Crippen molar-refractivity contribution in [1.29, 1.82) is 0 Å². The highest BCUT2D eigenvalue weighted by Crippen LogP contribution is 2.50. The minimum Gasteiger partial charge on any atom is -0.351 e. The summed E-state index contributed by atoms with van der Waals surface area (Å²) in [6.07, 6.45) is -7.35. The maximum atomic E-state index is 13.3. The summed E-state index contributed by atoms with van der Waals surface area (Å²) in [6, 6.07) is 0. The predicted molar refractivity (Wildman–Crippen MR) is 41.9 cm³/mol. The second-order valence-electron chi connectivity index (χ2n) is 3.79. The fourth-order valence-electron chi connectivity index (χ4n) is 1.34. The molecule has 0 aromatic rings. The van der Waals surface area contributed by atoms with Crippen LogP contribution in [-0.4, -0.2) is 37.1 Å². The molecule has 0 radical (unpaired) electrons. The third kappa shape index (κ3) is 2.36. The molecule has 17 heavy (non-hydrogen) atoms. The normalized spacial score (nSPS) is 34.1. The van der Waals surface area contributed by atoms with Crippen molar-refractivity contribution in [2.75, 3.05) is 7.11 Å². The monoisotopic (exact) mass is 268 g/mol. The summed E-state index contributed by atoms with van der Waals surface area (Å²) < 4.78 is 89.0. The highest BCUT2D eigenvalue weighted by Gasteiger charge is 2.72. The van der Waals surface area contributed by atoms with Gasteiger partial charge in [0.05, 0.1) is 0 Å². The topological polar surface area (TPSA) is 27.7 Å². The molecule has 0 amide bonds. The Morgan fingerprint density at radius 3 is 2.00 bits per heavy atom. The van der Waals surface area contributed by atoms with Crippen LogP contribution in [0.4, 0.5) is 26.3 Å². The van der Waals surface area contributed by atoms with Gasteiger partial charge in [0.25, 0.3) is 0 Å². The van der Waals surface area contributed by atoms with Crippen LogP contribution in [0.25, 0.3) is 0 Å². The van der Waals surface area contributed by atoms with Gasteiger partial charge in [0.15, 0.2) is 6.10 Å². The van der Waals surface area contributed by atoms with Gasteiger partial charge in [-0.1, -0.05) is 0 Å². The van der Waals surface area contributed by atoms with E-state index in [-0.39, 0.29) is 6.92 Å². The Morgan fingerprint density at radius 1 is 1.18 bits per heavy atom. The molecule has 0 spiro atoms. The SMILES string of the molecule is COC1(C)OC(F)(F)OC1C(F)(F)C(C)(F)F. The van der Waals surface area contributed by atoms with E-state index in [4.69, 9.17) is 0 Å². The summed E-state index contributed by atoms with van der Waals surface area (Å²) in [5, 5.41) is 0. The lowest BCUT2D eigenvalue weighted by Crippen LogP contribution is -2.57. The summed E-state index contributed by atoms with van der Waals surface area (Å²) in [6.45, 7) is 0.557. The molecule has 1 aliphatic rings. The molecular weight excluding hydrogens is 258 g/mol. The van der Waals surface area contributed by atoms with Crippen molar-refractivity contribution in [2.24, 2.45) is 0 Å². The van der Waals surface area contributed by atoms with Crippen LogP contribution in [0.5, 0.6) is 0 Å². The van der Waals surface area contributed by atoms with E-state index >= 15 is 0 Å². The number of halogens is 6. The Kier molecular flexibility index (Phi) is 3.18. The van der Waals surface area contributed by atoms with Crippen molar-refractivity contribution in [3.8, 4) is 0 Å². The van der Waals surface area contributed by atoms with Crippen LogP contribution in [0.1, 0.15) is 13.8 Å². The lowest BCUT2D eigenvalue weighted by Gasteiger charge is -2.34. The number of rotatable bonds is 3. The molecule has 0 bridgehead atoms. The van der Waals surface area contributed by atoms with Gasteiger partial charge in [0.2, 0.25) is 5.79 Å². The average Bonchev–Trinajstić information content (AvgIpc) is 2.36. The van der Waals surface area contributed by atoms with Gasteiger partial charge in [-0.15, -0.1) is 8.78 Å². The van der Waals surface area contributed by atoms with Gasteiger partial charge in [-0.05, 0) is 6.92 Å². The van der Waals surface area contributed by atoms with Crippen molar-refractivity contribution in [1.82, 2.24) is 0 Å². The lowest BCUT2D eigenvalue weighted by molar-refractivity contribution is -0.379. The third-order valence-corrected chi connectivity index (χ3v) is 2.37. The second kappa shape index (κ2) is 3.72. The maximum absolute atomic E-state index is 13.3. The van der Waals surface area contributed by atoms with Crippen LogP contribution in [-0.2, 0) is 14.2 Å². The molecule has 102 valence electrons. The van der Waals surface area contributed by atoms with Gasteiger partial charge < -0.3 is 4.74 Å². The highest BCUT2D eigenvalue weighted by atomic mass is 19.3. The molecule has 1 fully saturated rings. The van der Waals surface area contributed by atoms with Crippen LogP contribution < -0.4 is 0 Å². The Bertz CT molecular complexity index is 302. The molecule has 0 saturated carbocycles. The Balaban J connectivity index is 3.13. The molecule has 1 saturated heterocycles. The van der Waals surface area contributed by atoms with Crippen molar-refractivity contribution >= 4 is 0 Å². The van der Waals surface area contributed by atoms with E-state index in [9.17, 15) is 26.3 Å². The first-order chi connectivity index (χ1) is 7.36. The van der Waals surface area contributed by atoms with E-state index in [0.717, 1.165) is 7.11 Å². The molecular formula is C8H10F6O3. The van der Waals surface area contributed by atoms with E-state index in [1.165, 1.54) is 0 Å². The maximum Gasteiger partial charge on any atom is 0.488 e. The summed E-state index contributed by atoms with van der Waals surface area (Å²) in [4.78, 5) is 0. The number of methoxy groups -OCH3 is 1. The number of ether oxygens (including phenoxy) is 3. The van der Waals surface area contributed by atoms with E-state index in [1.54, 1.807) is 0 Å². The van der Waals surface area contributed by atoms with Crippen LogP contribution in [0.15, 0.2) is 0 Å². The number of hydrogen-bond donors (Lipinski definition) is 0. The first kappa shape index (κ1) is 14.5. The van der Waals surface area contributed by atoms with E-state index < -0.39 is 30.0 Å². The molecule has 1 rings (SSSR count). The van der Waals surface area contributed by atoms with E-state index in [1.807, 2.05) is 0 Å². The summed E-state index contributed by atoms with van der Waals surface area (Å²) in [5.74, 6) is -12.1. The molecule has 0 aromatic heterocycles. The fraction of sp³-hybridized carbons (Fsp3) is 1.00. The van der Waals surface area contributed by atoms with Gasteiger partial charge in [0.1, 0.15) is 0 Å². The summed E-state index contributed by atoms with van der Waals surface area (Å²) in [7, 11) is 0.766. The van der Waals surface area contributed by atoms with Gasteiger partial charge in [0, 0.05) is 14.0 Å². The van der Waals surface area contributed by atoms with Gasteiger partial charge in [-0.3, -0.25) is 9.47 Å². The third-order valence-electron chi connectivity index (χ3n) is 2.37. The van der Waals surface area contributed by atoms with Gasteiger partial charge >= 0.3 is 18.1 Å². The molecule has 2 unspecified atom stereocenters. The van der Waals surface area contributed by atoms with Crippen molar-refractivity contribution in [3.05, 3.63) is 0 Å². The number of hydrogen-bond acceptors (Lipinski definition) is 3. The number of alkyl halides is 6. The van der Waals surface area contributed by atoms with Crippen LogP contribution >= 0.6 is 0 Å². The molecule has 3 nitrogen and oxygen atoms in total. The average molecular weight is 268 g/mol. The van der Waals surface area contributed by atoms with Crippen LogP contribution in [0.3, 0.4) is 0 Å². The standard InChI is InChI=1S/C8H10F6O3/c1-5(15-3)4(16-8(13,14)17-5)7(11,12)6(2,9)10/h4H,1-3H3. The molecule has 1 aliphatic heterocycles. The molecule has 0 aliphatic carbocycles. The fourth-order valence-corrected chi connectivity index (χ4v) is 1.34. The highest BCUT2D eigenvalue weighted by molar-refractivity contribution is 4.98. The smallest absolute Gasteiger partial charge is 0.351 e. The van der Waals surface area contributed by atoms with Crippen molar-refractivity contribution < 1.29 is 40.6 Å². The van der Waals surface area contributed by atoms with Gasteiger partial charge in [-0.2, -0.15) is 8.78 Å². The van der Waals surface area contributed by atoms with Crippen molar-refractivity contribution in [3.63, 3.8) is 0 Å². The Labute approximate surface area is 92.6 Å². The molecule has 0 aromatic carbocycles. The summed E-state index contributed by atoms with van der Waals surface area (Å²) >= 11 is 0. The molecule has 2 atom stereocenters. The predicted octanol–water partition coefficient (Wildman–Crippen LogP) is 2.61. The van der Waals surface area contributed by atoms with Crippen molar-refractivity contribution in [2.45, 2.75) is 43.9 Å². The van der Waals surface area contributed by atoms with Gasteiger partial charge in [-0.25, -0.2) is 8.78 Å². The summed E-state index contributed by atoms with van der Waals surface area (Å²) in [5.41, 5.74) is 0.